The van der Waals surface area contributed by atoms with E-state index in [1.165, 1.54) is 6.07 Å². The van der Waals surface area contributed by atoms with Gasteiger partial charge in [-0.15, -0.1) is 10.2 Å². The van der Waals surface area contributed by atoms with Crippen LogP contribution in [0.3, 0.4) is 0 Å². The molecular weight excluding hydrogens is 269 g/mol. The van der Waals surface area contributed by atoms with Gasteiger partial charge in [0.1, 0.15) is 0 Å². The minimum Gasteiger partial charge on any atom is -0.398 e. The van der Waals surface area contributed by atoms with Crippen molar-refractivity contribution in [3.05, 3.63) is 48.2 Å². The molecule has 0 radical (unpaired) electrons. The number of nitrogens with two attached hydrogens (primary N) is 1. The second-order valence-corrected chi connectivity index (χ2v) is 4.29. The van der Waals surface area contributed by atoms with Crippen molar-refractivity contribution in [3.8, 4) is 11.4 Å². The minimum absolute atomic E-state index is 0.318. The van der Waals surface area contributed by atoms with Gasteiger partial charge in [-0.3, -0.25) is 4.40 Å². The normalized spacial score (nSPS) is 11.9. The molecule has 0 fully saturated rings. The van der Waals surface area contributed by atoms with Gasteiger partial charge in [0.2, 0.25) is 0 Å². The monoisotopic (exact) mass is 278 g/mol. The molecule has 2 N–H and O–H groups in total. The van der Waals surface area contributed by atoms with Gasteiger partial charge in [-0.05, 0) is 24.3 Å². The van der Waals surface area contributed by atoms with E-state index in [1.807, 2.05) is 0 Å². The second kappa shape index (κ2) is 4.22. The van der Waals surface area contributed by atoms with E-state index in [-0.39, 0.29) is 0 Å². The number of hydrogen-bond donors (Lipinski definition) is 1. The quantitative estimate of drug-likeness (QED) is 0.744. The van der Waals surface area contributed by atoms with Crippen LogP contribution in [0.5, 0.6) is 0 Å². The smallest absolute Gasteiger partial charge is 0.398 e. The lowest BCUT2D eigenvalue weighted by Crippen LogP contribution is -2.04. The molecule has 3 rings (SSSR count). The zero-order valence-corrected chi connectivity index (χ0v) is 10.1. The number of rotatable bonds is 1. The number of hydrogen-bond acceptors (Lipinski definition) is 3. The van der Waals surface area contributed by atoms with Crippen molar-refractivity contribution in [2.45, 2.75) is 6.18 Å². The Bertz CT molecular complexity index is 777. The maximum Gasteiger partial charge on any atom is 0.416 e. The van der Waals surface area contributed by atoms with E-state index < -0.39 is 11.7 Å². The lowest BCUT2D eigenvalue weighted by Gasteiger charge is -2.08. The summed E-state index contributed by atoms with van der Waals surface area (Å²) in [6.45, 7) is 0. The molecule has 0 spiro atoms. The Morgan fingerprint density at radius 3 is 2.60 bits per heavy atom. The fraction of sp³-hybridized carbons (Fsp3) is 0.0769. The van der Waals surface area contributed by atoms with Crippen LogP contribution in [0.1, 0.15) is 5.56 Å². The van der Waals surface area contributed by atoms with Crippen LogP contribution in [0.25, 0.3) is 17.0 Å². The maximum absolute atomic E-state index is 12.7. The molecule has 0 saturated heterocycles. The summed E-state index contributed by atoms with van der Waals surface area (Å²) in [4.78, 5) is 0. The van der Waals surface area contributed by atoms with Gasteiger partial charge in [-0.1, -0.05) is 12.1 Å². The summed E-state index contributed by atoms with van der Waals surface area (Å²) >= 11 is 0. The maximum atomic E-state index is 12.7. The largest absolute Gasteiger partial charge is 0.416 e. The van der Waals surface area contributed by atoms with E-state index >= 15 is 0 Å². The van der Waals surface area contributed by atoms with Crippen LogP contribution in [-0.4, -0.2) is 14.6 Å². The Hall–Kier alpha value is -2.57. The van der Waals surface area contributed by atoms with Gasteiger partial charge in [0.05, 0.1) is 5.56 Å². The third-order valence-corrected chi connectivity index (χ3v) is 2.87. The summed E-state index contributed by atoms with van der Waals surface area (Å²) in [5.74, 6) is 0.318. The van der Waals surface area contributed by atoms with Crippen molar-refractivity contribution in [3.63, 3.8) is 0 Å². The van der Waals surface area contributed by atoms with Crippen LogP contribution in [0.15, 0.2) is 42.6 Å². The van der Waals surface area contributed by atoms with Crippen LogP contribution in [0.2, 0.25) is 0 Å². The predicted molar refractivity (Wildman–Crippen MR) is 67.8 cm³/mol. The number of anilines is 1. The average molecular weight is 278 g/mol. The Kier molecular flexibility index (Phi) is 2.63. The number of pyridine rings is 1. The zero-order chi connectivity index (χ0) is 14.3. The minimum atomic E-state index is -4.39. The summed E-state index contributed by atoms with van der Waals surface area (Å²) in [5.41, 5.74) is 6.28. The first-order valence-electron chi connectivity index (χ1n) is 5.73. The third-order valence-electron chi connectivity index (χ3n) is 2.87. The molecule has 0 bridgehead atoms. The van der Waals surface area contributed by atoms with Crippen molar-refractivity contribution >= 4 is 11.3 Å². The first-order chi connectivity index (χ1) is 9.45. The standard InChI is InChI=1S/C13H9F3N4/c14-13(15,16)9-3-1-2-8(6-9)12-19-18-11-5-4-10(17)7-20(11)12/h1-7H,17H2. The molecule has 4 nitrogen and oxygen atoms in total. The van der Waals surface area contributed by atoms with E-state index in [9.17, 15) is 13.2 Å². The SMILES string of the molecule is Nc1ccc2nnc(-c3cccc(C(F)(F)F)c3)n2c1. The van der Waals surface area contributed by atoms with E-state index in [2.05, 4.69) is 10.2 Å². The Labute approximate surface area is 111 Å². The molecule has 0 amide bonds. The number of halogens is 3. The van der Waals surface area contributed by atoms with Gasteiger partial charge < -0.3 is 5.73 Å². The fourth-order valence-electron chi connectivity index (χ4n) is 1.94. The summed E-state index contributed by atoms with van der Waals surface area (Å²) in [7, 11) is 0. The number of nitrogens with zero attached hydrogens (tertiary/aromatic N) is 3. The number of alkyl halides is 3. The highest BCUT2D eigenvalue weighted by molar-refractivity contribution is 5.62. The Morgan fingerprint density at radius 2 is 1.85 bits per heavy atom. The van der Waals surface area contributed by atoms with E-state index in [0.29, 0.717) is 22.7 Å². The van der Waals surface area contributed by atoms with Crippen molar-refractivity contribution in [1.29, 1.82) is 0 Å². The Balaban J connectivity index is 2.18. The second-order valence-electron chi connectivity index (χ2n) is 4.29. The molecule has 102 valence electrons. The van der Waals surface area contributed by atoms with Gasteiger partial charge in [0, 0.05) is 17.4 Å². The summed E-state index contributed by atoms with van der Waals surface area (Å²) < 4.78 is 39.7. The molecule has 0 unspecified atom stereocenters. The topological polar surface area (TPSA) is 56.2 Å². The molecule has 20 heavy (non-hydrogen) atoms. The molecule has 0 aliphatic heterocycles. The summed E-state index contributed by atoms with van der Waals surface area (Å²) in [6, 6.07) is 8.25. The highest BCUT2D eigenvalue weighted by Gasteiger charge is 2.30. The summed E-state index contributed by atoms with van der Waals surface area (Å²) in [5, 5.41) is 7.82. The van der Waals surface area contributed by atoms with Crippen LogP contribution >= 0.6 is 0 Å². The Morgan fingerprint density at radius 1 is 1.05 bits per heavy atom. The van der Waals surface area contributed by atoms with Crippen LogP contribution in [0, 0.1) is 0 Å². The first-order valence-corrected chi connectivity index (χ1v) is 5.73. The first kappa shape index (κ1) is 12.5. The zero-order valence-electron chi connectivity index (χ0n) is 10.1. The molecular formula is C13H9F3N4. The molecule has 2 heterocycles. The molecule has 3 aromatic rings. The van der Waals surface area contributed by atoms with Gasteiger partial charge in [-0.2, -0.15) is 13.2 Å². The highest BCUT2D eigenvalue weighted by Crippen LogP contribution is 2.31. The van der Waals surface area contributed by atoms with E-state index in [1.54, 1.807) is 28.8 Å². The summed E-state index contributed by atoms with van der Waals surface area (Å²) in [6.07, 6.45) is -2.82. The van der Waals surface area contributed by atoms with Gasteiger partial charge >= 0.3 is 6.18 Å². The molecule has 0 aliphatic rings. The van der Waals surface area contributed by atoms with Gasteiger partial charge in [-0.25, -0.2) is 0 Å². The number of benzene rings is 1. The number of fused-ring (bicyclic) bond motifs is 1. The lowest BCUT2D eigenvalue weighted by molar-refractivity contribution is -0.137. The molecule has 2 aromatic heterocycles. The van der Waals surface area contributed by atoms with Crippen molar-refractivity contribution in [2.24, 2.45) is 0 Å². The van der Waals surface area contributed by atoms with Crippen LogP contribution in [0.4, 0.5) is 18.9 Å². The lowest BCUT2D eigenvalue weighted by atomic mass is 10.1. The van der Waals surface area contributed by atoms with Crippen molar-refractivity contribution in [2.75, 3.05) is 5.73 Å². The fourth-order valence-corrected chi connectivity index (χ4v) is 1.94. The molecule has 0 atom stereocenters. The van der Waals surface area contributed by atoms with Gasteiger partial charge in [0.25, 0.3) is 0 Å². The van der Waals surface area contributed by atoms with E-state index in [4.69, 9.17) is 5.73 Å². The molecule has 0 saturated carbocycles. The third kappa shape index (κ3) is 2.07. The van der Waals surface area contributed by atoms with Crippen LogP contribution < -0.4 is 5.73 Å². The van der Waals surface area contributed by atoms with E-state index in [0.717, 1.165) is 12.1 Å². The average Bonchev–Trinajstić information content (AvgIpc) is 2.81. The van der Waals surface area contributed by atoms with Gasteiger partial charge in [0.15, 0.2) is 11.5 Å². The number of nitrogen functional groups attached to an aromatic ring is 1. The molecule has 0 aliphatic carbocycles. The highest BCUT2D eigenvalue weighted by atomic mass is 19.4. The van der Waals surface area contributed by atoms with Crippen molar-refractivity contribution < 1.29 is 13.2 Å². The van der Waals surface area contributed by atoms with Crippen molar-refractivity contribution in [1.82, 2.24) is 14.6 Å². The predicted octanol–water partition coefficient (Wildman–Crippen LogP) is 3.00. The van der Waals surface area contributed by atoms with Crippen LogP contribution in [-0.2, 0) is 6.18 Å². The molecule has 1 aromatic carbocycles. The molecule has 7 heteroatoms. The number of aromatic nitrogens is 3.